The Bertz CT molecular complexity index is 989. The van der Waals surface area contributed by atoms with Gasteiger partial charge in [0.15, 0.2) is 6.10 Å². The van der Waals surface area contributed by atoms with E-state index in [4.69, 9.17) is 14.2 Å². The number of esters is 3. The van der Waals surface area contributed by atoms with Crippen molar-refractivity contribution in [2.45, 2.75) is 297 Å². The predicted molar refractivity (Wildman–Crippen MR) is 261 cm³/mol. The van der Waals surface area contributed by atoms with E-state index in [1.165, 1.54) is 186 Å². The highest BCUT2D eigenvalue weighted by molar-refractivity contribution is 5.71. The Morgan fingerprint density at radius 3 is 0.869 bits per heavy atom. The fourth-order valence-electron chi connectivity index (χ4n) is 7.84. The fraction of sp³-hybridized carbons (Fsp3) is 0.873. The van der Waals surface area contributed by atoms with E-state index in [0.29, 0.717) is 19.3 Å². The third kappa shape index (κ3) is 48.8. The molecule has 0 aliphatic heterocycles. The lowest BCUT2D eigenvalue weighted by molar-refractivity contribution is -0.167. The van der Waals surface area contributed by atoms with Crippen molar-refractivity contribution in [3.63, 3.8) is 0 Å². The number of carbonyl (C=O) groups excluding carboxylic acids is 3. The summed E-state index contributed by atoms with van der Waals surface area (Å²) in [5.74, 6) is -0.871. The van der Waals surface area contributed by atoms with Crippen molar-refractivity contribution in [3.8, 4) is 0 Å². The molecule has 0 aromatic rings. The Hall–Kier alpha value is -2.11. The molecule has 0 aromatic carbocycles. The van der Waals surface area contributed by atoms with E-state index in [0.717, 1.165) is 64.2 Å². The van der Waals surface area contributed by atoms with Gasteiger partial charge in [0.05, 0.1) is 0 Å². The molecule has 6 heteroatoms. The molecule has 1 unspecified atom stereocenters. The number of allylic oxidation sites excluding steroid dienone is 4. The molecule has 0 rings (SSSR count). The van der Waals surface area contributed by atoms with E-state index in [2.05, 4.69) is 45.1 Å². The van der Waals surface area contributed by atoms with Crippen LogP contribution < -0.4 is 0 Å². The van der Waals surface area contributed by atoms with Crippen molar-refractivity contribution in [3.05, 3.63) is 24.3 Å². The first-order valence-corrected chi connectivity index (χ1v) is 26.8. The normalized spacial score (nSPS) is 12.1. The van der Waals surface area contributed by atoms with Crippen molar-refractivity contribution in [2.24, 2.45) is 0 Å². The van der Waals surface area contributed by atoms with Crippen molar-refractivity contribution >= 4 is 17.9 Å². The largest absolute Gasteiger partial charge is 0.462 e. The van der Waals surface area contributed by atoms with Gasteiger partial charge in [-0.15, -0.1) is 0 Å². The van der Waals surface area contributed by atoms with Gasteiger partial charge >= 0.3 is 17.9 Å². The van der Waals surface area contributed by atoms with E-state index in [9.17, 15) is 14.4 Å². The van der Waals surface area contributed by atoms with E-state index < -0.39 is 6.10 Å². The number of unbranched alkanes of at least 4 members (excludes halogenated alkanes) is 34. The van der Waals surface area contributed by atoms with Gasteiger partial charge in [0.25, 0.3) is 0 Å². The number of ether oxygens (including phenoxy) is 3. The molecule has 0 saturated carbocycles. The fourth-order valence-corrected chi connectivity index (χ4v) is 7.84. The summed E-state index contributed by atoms with van der Waals surface area (Å²) in [4.78, 5) is 38.0. The summed E-state index contributed by atoms with van der Waals surface area (Å²) in [7, 11) is 0. The van der Waals surface area contributed by atoms with Gasteiger partial charge < -0.3 is 14.2 Å². The Morgan fingerprint density at radius 1 is 0.311 bits per heavy atom. The van der Waals surface area contributed by atoms with Crippen LogP contribution in [0.25, 0.3) is 0 Å². The highest BCUT2D eigenvalue weighted by Crippen LogP contribution is 2.16. The topological polar surface area (TPSA) is 78.9 Å². The molecule has 0 bridgehead atoms. The van der Waals surface area contributed by atoms with Gasteiger partial charge in [-0.25, -0.2) is 0 Å². The number of rotatable bonds is 49. The Morgan fingerprint density at radius 2 is 0.541 bits per heavy atom. The Labute approximate surface area is 379 Å². The maximum absolute atomic E-state index is 12.8. The zero-order valence-electron chi connectivity index (χ0n) is 40.9. The monoisotopic (exact) mass is 859 g/mol. The molecule has 0 aromatic heterocycles. The van der Waals surface area contributed by atoms with Gasteiger partial charge in [0.2, 0.25) is 0 Å². The smallest absolute Gasteiger partial charge is 0.306 e. The van der Waals surface area contributed by atoms with Crippen LogP contribution in [-0.4, -0.2) is 37.2 Å². The molecule has 61 heavy (non-hydrogen) atoms. The molecule has 0 aliphatic carbocycles. The summed E-state index contributed by atoms with van der Waals surface area (Å²) < 4.78 is 16.8. The zero-order valence-corrected chi connectivity index (χ0v) is 40.9. The molecule has 0 aliphatic rings. The lowest BCUT2D eigenvalue weighted by Gasteiger charge is -2.18. The van der Waals surface area contributed by atoms with E-state index in [1.807, 2.05) is 0 Å². The van der Waals surface area contributed by atoms with Crippen LogP contribution in [0.15, 0.2) is 24.3 Å². The summed E-state index contributed by atoms with van der Waals surface area (Å²) >= 11 is 0. The summed E-state index contributed by atoms with van der Waals surface area (Å²) in [5.41, 5.74) is 0. The Balaban J connectivity index is 4.33. The zero-order chi connectivity index (χ0) is 44.4. The van der Waals surface area contributed by atoms with Crippen LogP contribution in [0.1, 0.15) is 290 Å². The molecule has 0 spiro atoms. The minimum Gasteiger partial charge on any atom is -0.462 e. The van der Waals surface area contributed by atoms with E-state index in [1.54, 1.807) is 0 Å². The van der Waals surface area contributed by atoms with E-state index in [-0.39, 0.29) is 31.1 Å². The summed E-state index contributed by atoms with van der Waals surface area (Å²) in [6, 6.07) is 0. The van der Waals surface area contributed by atoms with Crippen molar-refractivity contribution in [2.75, 3.05) is 13.2 Å². The lowest BCUT2D eigenvalue weighted by atomic mass is 10.0. The second-order valence-electron chi connectivity index (χ2n) is 18.1. The summed E-state index contributed by atoms with van der Waals surface area (Å²) in [5, 5.41) is 0. The second kappa shape index (κ2) is 50.5. The second-order valence-corrected chi connectivity index (χ2v) is 18.1. The highest BCUT2D eigenvalue weighted by atomic mass is 16.6. The third-order valence-corrected chi connectivity index (χ3v) is 11.9. The molecular weight excluding hydrogens is 757 g/mol. The van der Waals surface area contributed by atoms with Crippen LogP contribution in [0.5, 0.6) is 0 Å². The first-order valence-electron chi connectivity index (χ1n) is 26.8. The molecule has 0 fully saturated rings. The highest BCUT2D eigenvalue weighted by Gasteiger charge is 2.19. The van der Waals surface area contributed by atoms with Crippen molar-refractivity contribution in [1.82, 2.24) is 0 Å². The first-order chi connectivity index (χ1) is 30.0. The minimum atomic E-state index is -0.772. The SMILES string of the molecule is CCCCC/C=C\CCCCCCCC(=O)OCC(COC(=O)CCCCCCCCCCCCCCCCCC)OC(=O)CCCCCCCCC/C=C\CCCCCC. The van der Waals surface area contributed by atoms with E-state index >= 15 is 0 Å². The number of hydrogen-bond acceptors (Lipinski definition) is 6. The summed E-state index contributed by atoms with van der Waals surface area (Å²) in [6.45, 7) is 6.62. The number of hydrogen-bond donors (Lipinski definition) is 0. The molecule has 358 valence electrons. The van der Waals surface area contributed by atoms with Gasteiger partial charge in [0, 0.05) is 19.3 Å². The van der Waals surface area contributed by atoms with Crippen LogP contribution >= 0.6 is 0 Å². The van der Waals surface area contributed by atoms with Gasteiger partial charge in [-0.3, -0.25) is 14.4 Å². The number of carbonyl (C=O) groups is 3. The minimum absolute atomic E-state index is 0.0716. The molecule has 0 saturated heterocycles. The van der Waals surface area contributed by atoms with Gasteiger partial charge in [-0.2, -0.15) is 0 Å². The van der Waals surface area contributed by atoms with Crippen molar-refractivity contribution < 1.29 is 28.6 Å². The standard InChI is InChI=1S/C55H102O6/c1-4-7-10-13-16-19-22-25-27-29-30-33-36-39-42-45-48-54(57)60-51-52(50-59-53(56)47-44-41-38-35-32-24-21-18-15-12-9-6-3)61-55(58)49-46-43-40-37-34-31-28-26-23-20-17-14-11-8-5-2/h18,20-21,23,52H,4-17,19,22,24-51H2,1-3H3/b21-18-,23-20-. The van der Waals surface area contributed by atoms with Crippen LogP contribution in [-0.2, 0) is 28.6 Å². The van der Waals surface area contributed by atoms with Gasteiger partial charge in [0.1, 0.15) is 13.2 Å². The maximum Gasteiger partial charge on any atom is 0.306 e. The molecule has 0 amide bonds. The molecular formula is C55H102O6. The average Bonchev–Trinajstić information content (AvgIpc) is 3.26. The molecule has 0 N–H and O–H groups in total. The molecule has 1 atom stereocenters. The first kappa shape index (κ1) is 58.9. The lowest BCUT2D eigenvalue weighted by Crippen LogP contribution is -2.30. The van der Waals surface area contributed by atoms with Crippen molar-refractivity contribution in [1.29, 1.82) is 0 Å². The van der Waals surface area contributed by atoms with Crippen LogP contribution in [0.3, 0.4) is 0 Å². The predicted octanol–water partition coefficient (Wildman–Crippen LogP) is 17.5. The molecule has 0 radical (unpaired) electrons. The summed E-state index contributed by atoms with van der Waals surface area (Å²) in [6.07, 6.45) is 57.3. The third-order valence-electron chi connectivity index (χ3n) is 11.9. The van der Waals surface area contributed by atoms with Gasteiger partial charge in [-0.05, 0) is 70.6 Å². The Kier molecular flexibility index (Phi) is 48.8. The van der Waals surface area contributed by atoms with Crippen LogP contribution in [0.4, 0.5) is 0 Å². The quantitative estimate of drug-likeness (QED) is 0.0262. The van der Waals surface area contributed by atoms with Crippen LogP contribution in [0.2, 0.25) is 0 Å². The van der Waals surface area contributed by atoms with Gasteiger partial charge in [-0.1, -0.05) is 225 Å². The van der Waals surface area contributed by atoms with Crippen LogP contribution in [0, 0.1) is 0 Å². The molecule has 6 nitrogen and oxygen atoms in total. The molecule has 0 heterocycles. The average molecular weight is 859 g/mol. The maximum atomic E-state index is 12.8.